The van der Waals surface area contributed by atoms with Crippen LogP contribution in [0.3, 0.4) is 0 Å². The number of halogens is 5. The first-order valence-corrected chi connectivity index (χ1v) is 14.7. The standard InChI is InChI=1S/C32H36ClF4NO3/c1-19-4-5-20(16-25(19)33)18-31-14-15-38(27(39)21-10-12-29(2,13-11-21)28(40)41)26(31)9-6-22-17-23(7-8-24(22)31)30(3,34)32(35,36)37/h4-5,7-8,16-17,21,26H,6,9-15,18H2,1-3H3,(H,40,41). The van der Waals surface area contributed by atoms with Crippen molar-refractivity contribution in [3.63, 3.8) is 0 Å². The molecule has 3 atom stereocenters. The molecule has 222 valence electrons. The second-order valence-corrected chi connectivity index (χ2v) is 13.2. The van der Waals surface area contributed by atoms with E-state index in [9.17, 15) is 32.3 Å². The number of nitrogens with zero attached hydrogens (tertiary/aromatic N) is 1. The first-order valence-electron chi connectivity index (χ1n) is 14.3. The van der Waals surface area contributed by atoms with E-state index in [0.717, 1.165) is 16.7 Å². The summed E-state index contributed by atoms with van der Waals surface area (Å²) in [7, 11) is 0. The number of carbonyl (C=O) groups is 2. The number of aliphatic carboxylic acids is 1. The maximum absolute atomic E-state index is 14.9. The van der Waals surface area contributed by atoms with Crippen molar-refractivity contribution in [3.8, 4) is 0 Å². The normalized spacial score (nSPS) is 29.4. The van der Waals surface area contributed by atoms with Gasteiger partial charge in [0, 0.05) is 28.9 Å². The predicted molar refractivity (Wildman–Crippen MR) is 149 cm³/mol. The van der Waals surface area contributed by atoms with E-state index in [1.807, 2.05) is 30.0 Å². The van der Waals surface area contributed by atoms with Gasteiger partial charge in [0.25, 0.3) is 0 Å². The molecule has 5 rings (SSSR count). The monoisotopic (exact) mass is 593 g/mol. The fourth-order valence-corrected chi connectivity index (χ4v) is 7.55. The maximum Gasteiger partial charge on any atom is 0.426 e. The lowest BCUT2D eigenvalue weighted by Crippen LogP contribution is -2.51. The number of carbonyl (C=O) groups excluding carboxylic acids is 1. The van der Waals surface area contributed by atoms with E-state index in [-0.39, 0.29) is 17.9 Å². The average Bonchev–Trinajstić information content (AvgIpc) is 3.29. The highest BCUT2D eigenvalue weighted by Crippen LogP contribution is 2.52. The molecule has 1 N–H and O–H groups in total. The molecular weight excluding hydrogens is 558 g/mol. The summed E-state index contributed by atoms with van der Waals surface area (Å²) in [6.07, 6.45) is -0.985. The summed E-state index contributed by atoms with van der Waals surface area (Å²) >= 11 is 6.46. The van der Waals surface area contributed by atoms with Gasteiger partial charge in [-0.1, -0.05) is 41.9 Å². The molecule has 1 amide bonds. The van der Waals surface area contributed by atoms with E-state index >= 15 is 0 Å². The molecule has 1 heterocycles. The van der Waals surface area contributed by atoms with Gasteiger partial charge in [0.1, 0.15) is 0 Å². The van der Waals surface area contributed by atoms with Crippen LogP contribution in [0.15, 0.2) is 36.4 Å². The predicted octanol–water partition coefficient (Wildman–Crippen LogP) is 7.70. The van der Waals surface area contributed by atoms with Crippen LogP contribution in [0.4, 0.5) is 17.6 Å². The van der Waals surface area contributed by atoms with Crippen LogP contribution in [0.25, 0.3) is 0 Å². The Balaban J connectivity index is 1.51. The molecule has 1 saturated carbocycles. The van der Waals surface area contributed by atoms with Crippen molar-refractivity contribution in [1.82, 2.24) is 4.90 Å². The molecule has 2 aromatic rings. The summed E-state index contributed by atoms with van der Waals surface area (Å²) in [4.78, 5) is 27.6. The summed E-state index contributed by atoms with van der Waals surface area (Å²) < 4.78 is 55.6. The first-order chi connectivity index (χ1) is 19.1. The molecule has 0 bridgehead atoms. The number of hydrogen-bond acceptors (Lipinski definition) is 2. The number of carboxylic acid groups (broad SMARTS) is 1. The van der Waals surface area contributed by atoms with Gasteiger partial charge in [-0.05, 0) is 106 Å². The van der Waals surface area contributed by atoms with Crippen molar-refractivity contribution in [3.05, 3.63) is 69.2 Å². The van der Waals surface area contributed by atoms with Gasteiger partial charge in [0.15, 0.2) is 0 Å². The van der Waals surface area contributed by atoms with Gasteiger partial charge in [0.2, 0.25) is 11.6 Å². The highest BCUT2D eigenvalue weighted by Gasteiger charge is 2.56. The van der Waals surface area contributed by atoms with Crippen LogP contribution in [0.2, 0.25) is 5.02 Å². The third-order valence-electron chi connectivity index (χ3n) is 10.2. The third kappa shape index (κ3) is 5.04. The Kier molecular flexibility index (Phi) is 7.49. The lowest BCUT2D eigenvalue weighted by atomic mass is 9.63. The highest BCUT2D eigenvalue weighted by atomic mass is 35.5. The first kappa shape index (κ1) is 29.9. The number of benzene rings is 2. The Morgan fingerprint density at radius 3 is 2.34 bits per heavy atom. The molecular formula is C32H36ClF4NO3. The summed E-state index contributed by atoms with van der Waals surface area (Å²) in [6, 6.07) is 9.91. The molecule has 2 aliphatic carbocycles. The van der Waals surface area contributed by atoms with E-state index in [1.54, 1.807) is 13.0 Å². The number of hydrogen-bond donors (Lipinski definition) is 1. The van der Waals surface area contributed by atoms with E-state index in [4.69, 9.17) is 11.6 Å². The van der Waals surface area contributed by atoms with E-state index in [1.165, 1.54) is 12.1 Å². The van der Waals surface area contributed by atoms with Crippen molar-refractivity contribution in [1.29, 1.82) is 0 Å². The molecule has 1 aliphatic heterocycles. The summed E-state index contributed by atoms with van der Waals surface area (Å²) in [5, 5.41) is 10.2. The largest absolute Gasteiger partial charge is 0.481 e. The molecule has 0 radical (unpaired) electrons. The number of alkyl halides is 4. The second-order valence-electron chi connectivity index (χ2n) is 12.8. The average molecular weight is 594 g/mol. The molecule has 41 heavy (non-hydrogen) atoms. The van der Waals surface area contributed by atoms with E-state index < -0.39 is 34.2 Å². The zero-order valence-electron chi connectivity index (χ0n) is 23.6. The van der Waals surface area contributed by atoms with Gasteiger partial charge in [-0.25, -0.2) is 4.39 Å². The van der Waals surface area contributed by atoms with Crippen LogP contribution >= 0.6 is 11.6 Å². The Bertz CT molecular complexity index is 1370. The number of carboxylic acids is 1. The van der Waals surface area contributed by atoms with Crippen molar-refractivity contribution < 1.29 is 32.3 Å². The SMILES string of the molecule is Cc1ccc(CC23CCN(C(=O)C4CCC(C)(C(=O)O)CC4)C2CCc2cc(C(C)(F)C(F)(F)F)ccc23)cc1Cl. The van der Waals surface area contributed by atoms with Gasteiger partial charge in [0.05, 0.1) is 5.41 Å². The summed E-state index contributed by atoms with van der Waals surface area (Å²) in [5.41, 5.74) is -1.81. The number of aryl methyl sites for hydroxylation is 2. The van der Waals surface area contributed by atoms with Gasteiger partial charge in [-0.3, -0.25) is 9.59 Å². The van der Waals surface area contributed by atoms with Gasteiger partial charge in [-0.15, -0.1) is 0 Å². The van der Waals surface area contributed by atoms with Gasteiger partial charge < -0.3 is 10.0 Å². The third-order valence-corrected chi connectivity index (χ3v) is 10.6. The minimum absolute atomic E-state index is 0.0275. The summed E-state index contributed by atoms with van der Waals surface area (Å²) in [6.45, 7) is 4.70. The minimum atomic E-state index is -5.04. The Labute approximate surface area is 243 Å². The molecule has 2 fully saturated rings. The van der Waals surface area contributed by atoms with Crippen LogP contribution in [0, 0.1) is 18.3 Å². The zero-order valence-corrected chi connectivity index (χ0v) is 24.3. The Hall–Kier alpha value is -2.61. The van der Waals surface area contributed by atoms with Gasteiger partial charge in [-0.2, -0.15) is 13.2 Å². The van der Waals surface area contributed by atoms with Crippen molar-refractivity contribution in [2.45, 2.75) is 95.4 Å². The Morgan fingerprint density at radius 2 is 1.73 bits per heavy atom. The lowest BCUT2D eigenvalue weighted by Gasteiger charge is -2.45. The molecule has 4 nitrogen and oxygen atoms in total. The Morgan fingerprint density at radius 1 is 1.05 bits per heavy atom. The van der Waals surface area contributed by atoms with Crippen LogP contribution < -0.4 is 0 Å². The van der Waals surface area contributed by atoms with Crippen LogP contribution in [0.1, 0.15) is 80.2 Å². The van der Waals surface area contributed by atoms with Crippen LogP contribution in [-0.2, 0) is 33.5 Å². The van der Waals surface area contributed by atoms with Crippen molar-refractivity contribution in [2.24, 2.45) is 11.3 Å². The molecule has 1 saturated heterocycles. The number of amides is 1. The molecule has 3 unspecified atom stereocenters. The zero-order chi connectivity index (χ0) is 30.0. The number of rotatable bonds is 5. The van der Waals surface area contributed by atoms with Crippen molar-refractivity contribution >= 4 is 23.5 Å². The quantitative estimate of drug-likeness (QED) is 0.361. The van der Waals surface area contributed by atoms with E-state index in [0.29, 0.717) is 75.4 Å². The molecule has 9 heteroatoms. The van der Waals surface area contributed by atoms with E-state index in [2.05, 4.69) is 0 Å². The fourth-order valence-electron chi connectivity index (χ4n) is 7.35. The smallest absolute Gasteiger partial charge is 0.426 e. The molecule has 3 aliphatic rings. The summed E-state index contributed by atoms with van der Waals surface area (Å²) in [5.74, 6) is -1.06. The molecule has 0 spiro atoms. The van der Waals surface area contributed by atoms with Crippen LogP contribution in [-0.4, -0.2) is 40.6 Å². The second kappa shape index (κ2) is 10.3. The lowest BCUT2D eigenvalue weighted by molar-refractivity contribution is -0.228. The van der Waals surface area contributed by atoms with Crippen molar-refractivity contribution in [2.75, 3.05) is 6.54 Å². The van der Waals surface area contributed by atoms with Crippen LogP contribution in [0.5, 0.6) is 0 Å². The maximum atomic E-state index is 14.9. The topological polar surface area (TPSA) is 57.6 Å². The number of likely N-dealkylation sites (tertiary alicyclic amines) is 1. The number of fused-ring (bicyclic) bond motifs is 3. The fraction of sp³-hybridized carbons (Fsp3) is 0.562. The molecule has 0 aromatic heterocycles. The highest BCUT2D eigenvalue weighted by molar-refractivity contribution is 6.31. The molecule has 2 aromatic carbocycles. The van der Waals surface area contributed by atoms with Gasteiger partial charge >= 0.3 is 12.1 Å². The minimum Gasteiger partial charge on any atom is -0.481 e.